The Balaban J connectivity index is 0.790. The van der Waals surface area contributed by atoms with E-state index in [0.29, 0.717) is 0 Å². The Morgan fingerprint density at radius 1 is 0.136 bits per heavy atom. The molecule has 0 aromatic heterocycles. The van der Waals surface area contributed by atoms with Crippen molar-refractivity contribution in [3.05, 3.63) is 352 Å². The monoisotopic (exact) mass is 1120 g/mol. The van der Waals surface area contributed by atoms with E-state index in [2.05, 4.69) is 371 Å². The van der Waals surface area contributed by atoms with Gasteiger partial charge in [0.05, 0.1) is 22.7 Å². The third kappa shape index (κ3) is 9.37. The Kier molecular flexibility index (Phi) is 13.2. The van der Waals surface area contributed by atoms with Gasteiger partial charge in [0.15, 0.2) is 0 Å². The molecule has 0 bridgehead atoms. The second-order valence-corrected chi connectivity index (χ2v) is 22.5. The number of hydrogen-bond acceptors (Lipinski definition) is 4. The minimum atomic E-state index is 1.06. The van der Waals surface area contributed by atoms with Gasteiger partial charge in [0.2, 0.25) is 0 Å². The van der Waals surface area contributed by atoms with Gasteiger partial charge in [-0.05, 0) is 176 Å². The summed E-state index contributed by atoms with van der Waals surface area (Å²) in [6.45, 7) is 0. The van der Waals surface area contributed by atoms with Crippen molar-refractivity contribution in [1.29, 1.82) is 0 Å². The van der Waals surface area contributed by atoms with E-state index in [1.54, 1.807) is 0 Å². The number of benzene rings is 16. The number of hydrogen-bond donors (Lipinski definition) is 0. The van der Waals surface area contributed by atoms with Crippen molar-refractivity contribution in [2.24, 2.45) is 0 Å². The molecule has 0 radical (unpaired) electrons. The van der Waals surface area contributed by atoms with Crippen LogP contribution in [0.4, 0.5) is 68.2 Å². The molecule has 0 aliphatic rings. The third-order valence-corrected chi connectivity index (χ3v) is 17.3. The molecule has 0 unspecified atom stereocenters. The molecule has 0 aliphatic carbocycles. The van der Waals surface area contributed by atoms with Crippen molar-refractivity contribution in [2.75, 3.05) is 19.6 Å². The van der Waals surface area contributed by atoms with Gasteiger partial charge in [-0.2, -0.15) is 0 Å². The second kappa shape index (κ2) is 22.4. The van der Waals surface area contributed by atoms with E-state index >= 15 is 0 Å². The summed E-state index contributed by atoms with van der Waals surface area (Å²) in [7, 11) is 0. The molecule has 0 saturated heterocycles. The van der Waals surface area contributed by atoms with Crippen LogP contribution in [0, 0.1) is 0 Å². The first kappa shape index (κ1) is 51.9. The fourth-order valence-corrected chi connectivity index (χ4v) is 13.2. The fraction of sp³-hybridized carbons (Fsp3) is 0. The van der Waals surface area contributed by atoms with Crippen molar-refractivity contribution in [3.63, 3.8) is 0 Å². The lowest BCUT2D eigenvalue weighted by Crippen LogP contribution is -2.13. The maximum atomic E-state index is 2.42. The first-order valence-electron chi connectivity index (χ1n) is 30.1. The molecule has 0 heterocycles. The molecule has 0 atom stereocenters. The average Bonchev–Trinajstić information content (AvgIpc) is 1.13. The van der Waals surface area contributed by atoms with Gasteiger partial charge in [-0.3, -0.25) is 0 Å². The Morgan fingerprint density at radius 2 is 0.375 bits per heavy atom. The van der Waals surface area contributed by atoms with E-state index in [9.17, 15) is 0 Å². The van der Waals surface area contributed by atoms with Gasteiger partial charge in [-0.15, -0.1) is 0 Å². The summed E-state index contributed by atoms with van der Waals surface area (Å²) < 4.78 is 0. The molecular formula is C84H58N4. The molecule has 0 saturated carbocycles. The number of nitrogens with zero attached hydrogens (tertiary/aromatic N) is 4. The van der Waals surface area contributed by atoms with Crippen LogP contribution in [0.5, 0.6) is 0 Å². The normalized spacial score (nSPS) is 11.4. The fourth-order valence-electron chi connectivity index (χ4n) is 13.2. The van der Waals surface area contributed by atoms with Crippen LogP contribution >= 0.6 is 0 Å². The molecule has 16 aromatic rings. The summed E-state index contributed by atoms with van der Waals surface area (Å²) in [5, 5.41) is 14.5. The largest absolute Gasteiger partial charge is 0.310 e. The summed E-state index contributed by atoms with van der Waals surface area (Å²) in [4.78, 5) is 9.59. The SMILES string of the molecule is c1ccc(N(c2ccc(N(c3ccc(-c4ccc(N(c5ccc(N(c6ccccc6)c6cccc7ccccc67)cc5)c5cc6ccccc6c6ccccc56)cc4)cc3)c3cc4ccccc4c4ccccc34)cc2)c2cccc3ccccc23)cc1. The highest BCUT2D eigenvalue weighted by atomic mass is 15.2. The summed E-state index contributed by atoms with van der Waals surface area (Å²) >= 11 is 0. The molecule has 16 aromatic carbocycles. The number of rotatable bonds is 13. The molecule has 0 aliphatic heterocycles. The van der Waals surface area contributed by atoms with Crippen molar-refractivity contribution in [1.82, 2.24) is 0 Å². The van der Waals surface area contributed by atoms with Gasteiger partial charge in [0.1, 0.15) is 0 Å². The minimum absolute atomic E-state index is 1.06. The summed E-state index contributed by atoms with van der Waals surface area (Å²) in [6, 6.07) is 128. The van der Waals surface area contributed by atoms with Crippen LogP contribution in [-0.4, -0.2) is 0 Å². The molecule has 88 heavy (non-hydrogen) atoms. The van der Waals surface area contributed by atoms with Crippen LogP contribution in [0.2, 0.25) is 0 Å². The van der Waals surface area contributed by atoms with Gasteiger partial charge in [-0.25, -0.2) is 0 Å². The maximum absolute atomic E-state index is 2.42. The van der Waals surface area contributed by atoms with Crippen LogP contribution in [-0.2, 0) is 0 Å². The molecular weight excluding hydrogens is 1060 g/mol. The second-order valence-electron chi connectivity index (χ2n) is 22.5. The van der Waals surface area contributed by atoms with Gasteiger partial charge < -0.3 is 19.6 Å². The third-order valence-electron chi connectivity index (χ3n) is 17.3. The number of anilines is 12. The van der Waals surface area contributed by atoms with E-state index in [0.717, 1.165) is 79.4 Å². The van der Waals surface area contributed by atoms with Crippen LogP contribution < -0.4 is 19.6 Å². The molecule has 4 heteroatoms. The standard InChI is InChI=1S/C84H58N4/c1-3-27-65(28-4-1)85(81-39-19-25-61-21-7-13-33-75(61)81)69-49-53-71(54-50-69)87(83-57-63-23-9-11-31-73(63)77-35-15-17-37-79(77)83)67-45-41-59(42-46-67)60-43-47-68(48-44-60)88(84-58-64-24-10-12-32-74(64)78-36-16-18-38-80(78)84)72-55-51-70(52-56-72)86(66-29-5-2-6-30-66)82-40-20-26-62-22-8-14-34-76(62)82/h1-58H. The predicted molar refractivity (Wildman–Crippen MR) is 376 cm³/mol. The zero-order valence-electron chi connectivity index (χ0n) is 48.3. The summed E-state index contributed by atoms with van der Waals surface area (Å²) in [6.07, 6.45) is 0. The summed E-state index contributed by atoms with van der Waals surface area (Å²) in [5.41, 5.74) is 15.3. The van der Waals surface area contributed by atoms with Crippen molar-refractivity contribution < 1.29 is 0 Å². The summed E-state index contributed by atoms with van der Waals surface area (Å²) in [5.74, 6) is 0. The highest BCUT2D eigenvalue weighted by Crippen LogP contribution is 2.48. The first-order chi connectivity index (χ1) is 43.7. The molecule has 16 rings (SSSR count). The average molecular weight is 1120 g/mol. The van der Waals surface area contributed by atoms with Crippen LogP contribution in [0.1, 0.15) is 0 Å². The lowest BCUT2D eigenvalue weighted by molar-refractivity contribution is 1.27. The highest BCUT2D eigenvalue weighted by Gasteiger charge is 2.23. The highest BCUT2D eigenvalue weighted by molar-refractivity contribution is 6.16. The smallest absolute Gasteiger partial charge is 0.0546 e. The first-order valence-corrected chi connectivity index (χ1v) is 30.1. The lowest BCUT2D eigenvalue weighted by Gasteiger charge is -2.30. The molecule has 4 nitrogen and oxygen atoms in total. The van der Waals surface area contributed by atoms with E-state index < -0.39 is 0 Å². The quantitative estimate of drug-likeness (QED) is 0.107. The molecule has 0 amide bonds. The van der Waals surface area contributed by atoms with Crippen molar-refractivity contribution >= 4 is 133 Å². The van der Waals surface area contributed by atoms with Gasteiger partial charge >= 0.3 is 0 Å². The number of fused-ring (bicyclic) bond motifs is 8. The van der Waals surface area contributed by atoms with Gasteiger partial charge in [-0.1, -0.05) is 231 Å². The topological polar surface area (TPSA) is 13.0 Å². The van der Waals surface area contributed by atoms with Crippen molar-refractivity contribution in [3.8, 4) is 11.1 Å². The Hall–Kier alpha value is -11.7. The van der Waals surface area contributed by atoms with Crippen molar-refractivity contribution in [2.45, 2.75) is 0 Å². The number of para-hydroxylation sites is 2. The predicted octanol–water partition coefficient (Wildman–Crippen LogP) is 24.2. The zero-order chi connectivity index (χ0) is 58.3. The maximum Gasteiger partial charge on any atom is 0.0546 e. The van der Waals surface area contributed by atoms with Crippen LogP contribution in [0.15, 0.2) is 352 Å². The minimum Gasteiger partial charge on any atom is -0.310 e. The van der Waals surface area contributed by atoms with Crippen LogP contribution in [0.3, 0.4) is 0 Å². The molecule has 0 N–H and O–H groups in total. The zero-order valence-corrected chi connectivity index (χ0v) is 48.3. The van der Waals surface area contributed by atoms with Gasteiger partial charge in [0, 0.05) is 67.0 Å². The Bertz CT molecular complexity index is 4860. The van der Waals surface area contributed by atoms with E-state index in [1.807, 2.05) is 0 Å². The van der Waals surface area contributed by atoms with E-state index in [4.69, 9.17) is 0 Å². The molecule has 0 fully saturated rings. The lowest BCUT2D eigenvalue weighted by atomic mass is 9.98. The van der Waals surface area contributed by atoms with Gasteiger partial charge in [0.25, 0.3) is 0 Å². The van der Waals surface area contributed by atoms with E-state index in [-0.39, 0.29) is 0 Å². The van der Waals surface area contributed by atoms with Crippen LogP contribution in [0.25, 0.3) is 75.8 Å². The van der Waals surface area contributed by atoms with E-state index in [1.165, 1.54) is 64.6 Å². The molecule has 414 valence electrons. The Morgan fingerprint density at radius 3 is 0.727 bits per heavy atom. The Labute approximate surface area is 512 Å². The molecule has 0 spiro atoms.